The fourth-order valence-corrected chi connectivity index (χ4v) is 2.21. The molecule has 0 aromatic carbocycles. The summed E-state index contributed by atoms with van der Waals surface area (Å²) in [6.07, 6.45) is 2.15. The van der Waals surface area contributed by atoms with Gasteiger partial charge in [-0.15, -0.1) is 0 Å². The lowest BCUT2D eigenvalue weighted by Crippen LogP contribution is -2.33. The maximum absolute atomic E-state index is 10.4. The number of hydrogen-bond acceptors (Lipinski definition) is 3. The fourth-order valence-electron chi connectivity index (χ4n) is 2.21. The van der Waals surface area contributed by atoms with Gasteiger partial charge in [0.05, 0.1) is 5.60 Å². The van der Waals surface area contributed by atoms with Crippen LogP contribution < -0.4 is 0 Å². The van der Waals surface area contributed by atoms with Crippen molar-refractivity contribution in [2.24, 2.45) is 11.8 Å². The van der Waals surface area contributed by atoms with Gasteiger partial charge < -0.3 is 15.2 Å². The molecule has 0 unspecified atom stereocenters. The summed E-state index contributed by atoms with van der Waals surface area (Å²) in [4.78, 5) is 0. The second-order valence-electron chi connectivity index (χ2n) is 5.44. The van der Waals surface area contributed by atoms with Gasteiger partial charge in [0.1, 0.15) is 0 Å². The van der Waals surface area contributed by atoms with E-state index in [1.165, 1.54) is 0 Å². The first-order valence-corrected chi connectivity index (χ1v) is 5.83. The third kappa shape index (κ3) is 7.83. The highest BCUT2D eigenvalue weighted by Gasteiger charge is 2.30. The Bertz CT molecular complexity index is 159. The van der Waals surface area contributed by atoms with Crippen LogP contribution in [0.2, 0.25) is 6.32 Å². The van der Waals surface area contributed by atoms with Crippen LogP contribution in [-0.4, -0.2) is 27.9 Å². The van der Waals surface area contributed by atoms with E-state index in [9.17, 15) is 5.11 Å². The Balaban J connectivity index is 4.26. The minimum atomic E-state index is -1.31. The maximum atomic E-state index is 10.4. The van der Waals surface area contributed by atoms with E-state index >= 15 is 0 Å². The molecule has 0 aliphatic carbocycles. The van der Waals surface area contributed by atoms with Crippen molar-refractivity contribution in [1.29, 1.82) is 0 Å². The van der Waals surface area contributed by atoms with Crippen LogP contribution in [0.5, 0.6) is 0 Å². The van der Waals surface area contributed by atoms with Crippen LogP contribution in [0.15, 0.2) is 0 Å². The molecule has 4 heteroatoms. The first-order valence-electron chi connectivity index (χ1n) is 5.83. The van der Waals surface area contributed by atoms with Crippen LogP contribution in [0.4, 0.5) is 0 Å². The third-order valence-electron chi connectivity index (χ3n) is 2.44. The SMILES string of the molecule is CC(C)CC(O)(CCB(O)O)CC(C)C. The quantitative estimate of drug-likeness (QED) is 0.567. The lowest BCUT2D eigenvalue weighted by Gasteiger charge is -2.31. The van der Waals surface area contributed by atoms with Gasteiger partial charge >= 0.3 is 7.12 Å². The fraction of sp³-hybridized carbons (Fsp3) is 1.00. The lowest BCUT2D eigenvalue weighted by molar-refractivity contribution is -0.00426. The van der Waals surface area contributed by atoms with E-state index in [0.29, 0.717) is 18.3 Å². The lowest BCUT2D eigenvalue weighted by atomic mass is 9.74. The molecule has 0 heterocycles. The van der Waals surface area contributed by atoms with Gasteiger partial charge in [-0.25, -0.2) is 0 Å². The Morgan fingerprint density at radius 3 is 1.67 bits per heavy atom. The summed E-state index contributed by atoms with van der Waals surface area (Å²) in [5, 5.41) is 28.0. The van der Waals surface area contributed by atoms with E-state index in [1.54, 1.807) is 0 Å². The molecule has 0 atom stereocenters. The summed E-state index contributed by atoms with van der Waals surface area (Å²) in [7, 11) is -1.31. The van der Waals surface area contributed by atoms with Crippen LogP contribution in [0, 0.1) is 11.8 Å². The van der Waals surface area contributed by atoms with Crippen molar-refractivity contribution >= 4 is 7.12 Å². The van der Waals surface area contributed by atoms with Crippen molar-refractivity contribution in [2.75, 3.05) is 0 Å². The Kier molecular flexibility index (Phi) is 6.49. The molecule has 0 rings (SSSR count). The maximum Gasteiger partial charge on any atom is 0.451 e. The molecule has 15 heavy (non-hydrogen) atoms. The van der Waals surface area contributed by atoms with Crippen LogP contribution in [0.1, 0.15) is 47.0 Å². The van der Waals surface area contributed by atoms with Crippen molar-refractivity contribution in [3.8, 4) is 0 Å². The van der Waals surface area contributed by atoms with E-state index < -0.39 is 12.7 Å². The smallest absolute Gasteiger partial charge is 0.427 e. The van der Waals surface area contributed by atoms with Crippen LogP contribution in [0.3, 0.4) is 0 Å². The monoisotopic (exact) mass is 216 g/mol. The van der Waals surface area contributed by atoms with Crippen molar-refractivity contribution in [3.05, 3.63) is 0 Å². The highest BCUT2D eigenvalue weighted by molar-refractivity contribution is 6.40. The zero-order chi connectivity index (χ0) is 12.1. The average molecular weight is 216 g/mol. The summed E-state index contributed by atoms with van der Waals surface area (Å²) in [6.45, 7) is 8.28. The van der Waals surface area contributed by atoms with Crippen LogP contribution >= 0.6 is 0 Å². The number of rotatable bonds is 7. The molecule has 0 aliphatic rings. The number of hydrogen-bond donors (Lipinski definition) is 3. The highest BCUT2D eigenvalue weighted by Crippen LogP contribution is 2.29. The second-order valence-corrected chi connectivity index (χ2v) is 5.44. The first-order chi connectivity index (χ1) is 6.75. The van der Waals surface area contributed by atoms with Gasteiger partial charge in [-0.3, -0.25) is 0 Å². The summed E-state index contributed by atoms with van der Waals surface area (Å²) >= 11 is 0. The third-order valence-corrected chi connectivity index (χ3v) is 2.44. The molecule has 3 N–H and O–H groups in total. The Morgan fingerprint density at radius 1 is 1.00 bits per heavy atom. The molecular weight excluding hydrogens is 191 g/mol. The predicted molar refractivity (Wildman–Crippen MR) is 63.5 cm³/mol. The Morgan fingerprint density at radius 2 is 1.40 bits per heavy atom. The molecule has 0 saturated carbocycles. The van der Waals surface area contributed by atoms with E-state index in [1.807, 2.05) is 0 Å². The van der Waals surface area contributed by atoms with Gasteiger partial charge in [-0.05, 0) is 37.4 Å². The zero-order valence-electron chi connectivity index (χ0n) is 10.4. The standard InChI is InChI=1S/C11H25BO3/c1-9(2)7-11(13,8-10(3)4)5-6-12(14)15/h9-10,13-15H,5-8H2,1-4H3. The van der Waals surface area contributed by atoms with Gasteiger partial charge in [-0.2, -0.15) is 0 Å². The molecule has 0 aliphatic heterocycles. The molecule has 90 valence electrons. The molecule has 0 amide bonds. The van der Waals surface area contributed by atoms with Crippen molar-refractivity contribution < 1.29 is 15.2 Å². The largest absolute Gasteiger partial charge is 0.451 e. The Labute approximate surface area is 93.7 Å². The van der Waals surface area contributed by atoms with E-state index in [4.69, 9.17) is 10.0 Å². The molecule has 3 nitrogen and oxygen atoms in total. The molecule has 0 aromatic heterocycles. The molecule has 0 radical (unpaired) electrons. The van der Waals surface area contributed by atoms with E-state index in [0.717, 1.165) is 12.8 Å². The van der Waals surface area contributed by atoms with E-state index in [2.05, 4.69) is 27.7 Å². The summed E-state index contributed by atoms with van der Waals surface area (Å²) in [5.41, 5.74) is -0.744. The average Bonchev–Trinajstić information content (AvgIpc) is 1.97. The summed E-state index contributed by atoms with van der Waals surface area (Å²) in [5.74, 6) is 0.842. The normalized spacial score (nSPS) is 12.6. The molecular formula is C11H25BO3. The summed E-state index contributed by atoms with van der Waals surface area (Å²) in [6, 6.07) is 0. The first kappa shape index (κ1) is 14.9. The van der Waals surface area contributed by atoms with Gasteiger partial charge in [-0.1, -0.05) is 27.7 Å². The molecule has 0 aromatic rings. The minimum Gasteiger partial charge on any atom is -0.427 e. The van der Waals surface area contributed by atoms with Crippen LogP contribution in [0.25, 0.3) is 0 Å². The number of aliphatic hydroxyl groups is 1. The molecule has 0 spiro atoms. The van der Waals surface area contributed by atoms with Crippen LogP contribution in [-0.2, 0) is 0 Å². The minimum absolute atomic E-state index is 0.246. The molecule has 0 bridgehead atoms. The van der Waals surface area contributed by atoms with Crippen molar-refractivity contribution in [2.45, 2.75) is 58.9 Å². The Hall–Kier alpha value is -0.0551. The molecule has 0 fully saturated rings. The summed E-state index contributed by atoms with van der Waals surface area (Å²) < 4.78 is 0. The van der Waals surface area contributed by atoms with E-state index in [-0.39, 0.29) is 6.32 Å². The molecule has 0 saturated heterocycles. The van der Waals surface area contributed by atoms with Gasteiger partial charge in [0, 0.05) is 0 Å². The van der Waals surface area contributed by atoms with Gasteiger partial charge in [0.25, 0.3) is 0 Å². The zero-order valence-corrected chi connectivity index (χ0v) is 10.4. The second kappa shape index (κ2) is 6.51. The topological polar surface area (TPSA) is 60.7 Å². The van der Waals surface area contributed by atoms with Crippen molar-refractivity contribution in [1.82, 2.24) is 0 Å². The predicted octanol–water partition coefficient (Wildman–Crippen LogP) is 1.67. The highest BCUT2D eigenvalue weighted by atomic mass is 16.4. The van der Waals surface area contributed by atoms with Gasteiger partial charge in [0.15, 0.2) is 0 Å². The van der Waals surface area contributed by atoms with Crippen molar-refractivity contribution in [3.63, 3.8) is 0 Å². The van der Waals surface area contributed by atoms with Gasteiger partial charge in [0.2, 0.25) is 0 Å².